The highest BCUT2D eigenvalue weighted by Crippen LogP contribution is 2.21. The van der Waals surface area contributed by atoms with E-state index in [4.69, 9.17) is 9.47 Å². The van der Waals surface area contributed by atoms with Crippen LogP contribution < -0.4 is 15.0 Å². The lowest BCUT2D eigenvalue weighted by Gasteiger charge is -2.28. The number of halogens is 1. The summed E-state index contributed by atoms with van der Waals surface area (Å²) in [5, 5.41) is 2.71. The molecule has 2 aromatic rings. The van der Waals surface area contributed by atoms with E-state index in [1.807, 2.05) is 24.3 Å². The van der Waals surface area contributed by atoms with Crippen molar-refractivity contribution in [3.8, 4) is 5.75 Å². The molecule has 1 amide bonds. The maximum absolute atomic E-state index is 12.9. The zero-order valence-electron chi connectivity index (χ0n) is 16.4. The molecule has 2 aromatic carbocycles. The second kappa shape index (κ2) is 9.91. The number of benzene rings is 2. The van der Waals surface area contributed by atoms with Crippen LogP contribution in [0, 0.1) is 5.82 Å². The summed E-state index contributed by atoms with van der Waals surface area (Å²) in [6, 6.07) is 12.9. The van der Waals surface area contributed by atoms with Crippen LogP contribution in [0.3, 0.4) is 0 Å². The highest BCUT2D eigenvalue weighted by Gasteiger charge is 2.18. The third-order valence-corrected chi connectivity index (χ3v) is 4.68. The average molecular weight is 400 g/mol. The third kappa shape index (κ3) is 6.20. The van der Waals surface area contributed by atoms with Gasteiger partial charge < -0.3 is 19.7 Å². The molecule has 0 saturated carbocycles. The minimum absolute atomic E-state index is 0.342. The monoisotopic (exact) mass is 400 g/mol. The number of hydrogen-bond acceptors (Lipinski definition) is 5. The minimum atomic E-state index is -0.919. The number of carbonyl (C=O) groups is 2. The van der Waals surface area contributed by atoms with Crippen molar-refractivity contribution < 1.29 is 23.5 Å². The quantitative estimate of drug-likeness (QED) is 0.717. The fourth-order valence-corrected chi connectivity index (χ4v) is 3.12. The molecule has 0 spiro atoms. The van der Waals surface area contributed by atoms with Crippen molar-refractivity contribution in [2.45, 2.75) is 32.3 Å². The molecule has 1 atom stereocenters. The Labute approximate surface area is 169 Å². The molecule has 1 aliphatic heterocycles. The molecule has 154 valence electrons. The molecule has 0 unspecified atom stereocenters. The molecule has 7 heteroatoms. The van der Waals surface area contributed by atoms with Crippen molar-refractivity contribution in [1.82, 2.24) is 0 Å². The lowest BCUT2D eigenvalue weighted by molar-refractivity contribution is -0.153. The van der Waals surface area contributed by atoms with E-state index in [-0.39, 0.29) is 0 Å². The van der Waals surface area contributed by atoms with Gasteiger partial charge in [-0.2, -0.15) is 0 Å². The Hall–Kier alpha value is -3.09. The minimum Gasteiger partial charge on any atom is -0.479 e. The smallest absolute Gasteiger partial charge is 0.347 e. The first kappa shape index (κ1) is 20.6. The summed E-state index contributed by atoms with van der Waals surface area (Å²) in [7, 11) is 0. The number of rotatable bonds is 7. The average Bonchev–Trinajstić information content (AvgIpc) is 2.75. The fraction of sp³-hybridized carbons (Fsp3) is 0.364. The fourth-order valence-electron chi connectivity index (χ4n) is 3.12. The van der Waals surface area contributed by atoms with Gasteiger partial charge in [0.1, 0.15) is 11.6 Å². The summed E-state index contributed by atoms with van der Waals surface area (Å²) in [5.41, 5.74) is 1.78. The van der Waals surface area contributed by atoms with Gasteiger partial charge in [0.05, 0.1) is 0 Å². The second-order valence-corrected chi connectivity index (χ2v) is 6.96. The Kier molecular flexibility index (Phi) is 7.05. The van der Waals surface area contributed by atoms with E-state index in [9.17, 15) is 14.0 Å². The van der Waals surface area contributed by atoms with Gasteiger partial charge in [-0.3, -0.25) is 4.79 Å². The first-order chi connectivity index (χ1) is 14.0. The Balaban J connectivity index is 1.42. The standard InChI is InChI=1S/C22H25FN2O4/c1-16(29-20-11-5-17(23)6-12-20)22(27)28-15-21(26)24-18-7-9-19(10-8-18)25-13-3-2-4-14-25/h5-12,16H,2-4,13-15H2,1H3,(H,24,26)/t16-/m1/s1. The van der Waals surface area contributed by atoms with Crippen molar-refractivity contribution in [2.75, 3.05) is 29.9 Å². The van der Waals surface area contributed by atoms with E-state index in [1.54, 1.807) is 0 Å². The van der Waals surface area contributed by atoms with Gasteiger partial charge in [-0.05, 0) is 74.7 Å². The number of hydrogen-bond donors (Lipinski definition) is 1. The zero-order valence-corrected chi connectivity index (χ0v) is 16.4. The Morgan fingerprint density at radius 1 is 1.03 bits per heavy atom. The molecule has 0 bridgehead atoms. The van der Waals surface area contributed by atoms with Gasteiger partial charge >= 0.3 is 5.97 Å². The van der Waals surface area contributed by atoms with E-state index < -0.39 is 30.4 Å². The SMILES string of the molecule is C[C@@H](Oc1ccc(F)cc1)C(=O)OCC(=O)Nc1ccc(N2CCCCC2)cc1. The number of anilines is 2. The van der Waals surface area contributed by atoms with Gasteiger partial charge in [0.15, 0.2) is 12.7 Å². The van der Waals surface area contributed by atoms with Crippen LogP contribution in [0.5, 0.6) is 5.75 Å². The first-order valence-corrected chi connectivity index (χ1v) is 9.75. The van der Waals surface area contributed by atoms with Crippen molar-refractivity contribution >= 4 is 23.3 Å². The molecule has 1 aliphatic rings. The lowest BCUT2D eigenvalue weighted by atomic mass is 10.1. The highest BCUT2D eigenvalue weighted by atomic mass is 19.1. The predicted molar refractivity (Wildman–Crippen MR) is 109 cm³/mol. The van der Waals surface area contributed by atoms with Gasteiger partial charge in [0.25, 0.3) is 5.91 Å². The summed E-state index contributed by atoms with van der Waals surface area (Å²) >= 11 is 0. The largest absolute Gasteiger partial charge is 0.479 e. The predicted octanol–water partition coefficient (Wildman–Crippen LogP) is 3.77. The summed E-state index contributed by atoms with van der Waals surface area (Å²) in [4.78, 5) is 26.4. The van der Waals surface area contributed by atoms with Crippen molar-refractivity contribution in [1.29, 1.82) is 0 Å². The van der Waals surface area contributed by atoms with E-state index in [0.717, 1.165) is 18.8 Å². The van der Waals surface area contributed by atoms with Crippen LogP contribution in [0.4, 0.5) is 15.8 Å². The molecule has 1 fully saturated rings. The molecule has 0 aromatic heterocycles. The topological polar surface area (TPSA) is 67.9 Å². The molecule has 1 N–H and O–H groups in total. The maximum Gasteiger partial charge on any atom is 0.347 e. The summed E-state index contributed by atoms with van der Waals surface area (Å²) < 4.78 is 23.3. The van der Waals surface area contributed by atoms with E-state index in [1.165, 1.54) is 50.5 Å². The number of nitrogens with zero attached hydrogens (tertiary/aromatic N) is 1. The number of piperidine rings is 1. The highest BCUT2D eigenvalue weighted by molar-refractivity contribution is 5.93. The molecular formula is C22H25FN2O4. The van der Waals surface area contributed by atoms with Crippen LogP contribution in [-0.4, -0.2) is 37.7 Å². The Bertz CT molecular complexity index is 818. The van der Waals surface area contributed by atoms with Crippen LogP contribution in [-0.2, 0) is 14.3 Å². The molecule has 1 heterocycles. The van der Waals surface area contributed by atoms with E-state index in [0.29, 0.717) is 11.4 Å². The van der Waals surface area contributed by atoms with E-state index in [2.05, 4.69) is 10.2 Å². The van der Waals surface area contributed by atoms with Gasteiger partial charge in [-0.25, -0.2) is 9.18 Å². The molecule has 6 nitrogen and oxygen atoms in total. The summed E-state index contributed by atoms with van der Waals surface area (Å²) in [5.74, 6) is -1.16. The third-order valence-electron chi connectivity index (χ3n) is 4.68. The number of carbonyl (C=O) groups excluding carboxylic acids is 2. The van der Waals surface area contributed by atoms with Gasteiger partial charge in [0.2, 0.25) is 0 Å². The number of ether oxygens (including phenoxy) is 2. The maximum atomic E-state index is 12.9. The zero-order chi connectivity index (χ0) is 20.6. The van der Waals surface area contributed by atoms with Crippen molar-refractivity contribution in [3.05, 3.63) is 54.3 Å². The van der Waals surface area contributed by atoms with Gasteiger partial charge in [0, 0.05) is 24.5 Å². The lowest BCUT2D eigenvalue weighted by Crippen LogP contribution is -2.30. The number of amides is 1. The van der Waals surface area contributed by atoms with Crippen LogP contribution in [0.25, 0.3) is 0 Å². The number of esters is 1. The van der Waals surface area contributed by atoms with Crippen LogP contribution in [0.1, 0.15) is 26.2 Å². The first-order valence-electron chi connectivity index (χ1n) is 9.75. The molecule has 3 rings (SSSR count). The van der Waals surface area contributed by atoms with Gasteiger partial charge in [-0.15, -0.1) is 0 Å². The molecular weight excluding hydrogens is 375 g/mol. The van der Waals surface area contributed by atoms with Crippen LogP contribution in [0.2, 0.25) is 0 Å². The molecule has 0 aliphatic carbocycles. The van der Waals surface area contributed by atoms with Crippen molar-refractivity contribution in [2.24, 2.45) is 0 Å². The van der Waals surface area contributed by atoms with Crippen LogP contribution in [0.15, 0.2) is 48.5 Å². The molecule has 1 saturated heterocycles. The Morgan fingerprint density at radius 3 is 2.34 bits per heavy atom. The Morgan fingerprint density at radius 2 is 1.69 bits per heavy atom. The molecule has 29 heavy (non-hydrogen) atoms. The number of nitrogens with one attached hydrogen (secondary N) is 1. The second-order valence-electron chi connectivity index (χ2n) is 6.96. The van der Waals surface area contributed by atoms with E-state index >= 15 is 0 Å². The van der Waals surface area contributed by atoms with Gasteiger partial charge in [-0.1, -0.05) is 0 Å². The summed E-state index contributed by atoms with van der Waals surface area (Å²) in [6.07, 6.45) is 2.76. The normalized spacial score (nSPS) is 14.8. The summed E-state index contributed by atoms with van der Waals surface area (Å²) in [6.45, 7) is 3.20. The van der Waals surface area contributed by atoms with Crippen LogP contribution >= 0.6 is 0 Å². The molecule has 0 radical (unpaired) electrons. The van der Waals surface area contributed by atoms with Crippen molar-refractivity contribution in [3.63, 3.8) is 0 Å².